The van der Waals surface area contributed by atoms with E-state index in [0.717, 1.165) is 6.42 Å². The van der Waals surface area contributed by atoms with Crippen molar-refractivity contribution in [2.75, 3.05) is 13.1 Å². The molecule has 1 aliphatic rings. The number of nitrogens with zero attached hydrogens (tertiary/aromatic N) is 2. The number of likely N-dealkylation sites (tertiary alicyclic amines) is 1. The molecular formula is C12H16ClN3O3. The lowest BCUT2D eigenvalue weighted by molar-refractivity contribution is -0.385. The molecule has 1 atom stereocenters. The van der Waals surface area contributed by atoms with Crippen molar-refractivity contribution in [1.82, 2.24) is 4.90 Å². The van der Waals surface area contributed by atoms with Gasteiger partial charge in [0.05, 0.1) is 11.3 Å². The molecule has 0 saturated carbocycles. The zero-order valence-corrected chi connectivity index (χ0v) is 11.1. The monoisotopic (exact) mass is 285 g/mol. The van der Waals surface area contributed by atoms with E-state index in [1.165, 1.54) is 6.07 Å². The number of amides is 1. The lowest BCUT2D eigenvalue weighted by Crippen LogP contribution is -2.33. The van der Waals surface area contributed by atoms with Crippen LogP contribution in [0.25, 0.3) is 0 Å². The SMILES string of the molecule is Cl.NC1CCN(C(=O)Cc2ccccc2[N+](=O)[O-])C1. The number of hydrogen-bond donors (Lipinski definition) is 1. The Kier molecular flexibility index (Phi) is 5.26. The van der Waals surface area contributed by atoms with Gasteiger partial charge in [-0.15, -0.1) is 12.4 Å². The number of carbonyl (C=O) groups is 1. The van der Waals surface area contributed by atoms with Crippen molar-refractivity contribution >= 4 is 24.0 Å². The minimum atomic E-state index is -0.460. The van der Waals surface area contributed by atoms with Crippen molar-refractivity contribution in [3.05, 3.63) is 39.9 Å². The van der Waals surface area contributed by atoms with Crippen LogP contribution < -0.4 is 5.73 Å². The number of nitro groups is 1. The highest BCUT2D eigenvalue weighted by Crippen LogP contribution is 2.19. The van der Waals surface area contributed by atoms with E-state index >= 15 is 0 Å². The number of benzene rings is 1. The lowest BCUT2D eigenvalue weighted by atomic mass is 10.1. The van der Waals surface area contributed by atoms with Crippen LogP contribution in [0.3, 0.4) is 0 Å². The van der Waals surface area contributed by atoms with Crippen molar-refractivity contribution < 1.29 is 9.72 Å². The van der Waals surface area contributed by atoms with E-state index in [1.807, 2.05) is 0 Å². The molecule has 0 aromatic heterocycles. The molecule has 2 N–H and O–H groups in total. The molecule has 104 valence electrons. The molecule has 1 unspecified atom stereocenters. The molecule has 7 heteroatoms. The molecular weight excluding hydrogens is 270 g/mol. The van der Waals surface area contributed by atoms with Gasteiger partial charge in [-0.05, 0) is 6.42 Å². The molecule has 1 fully saturated rings. The zero-order valence-electron chi connectivity index (χ0n) is 10.3. The number of hydrogen-bond acceptors (Lipinski definition) is 4. The number of rotatable bonds is 3. The quantitative estimate of drug-likeness (QED) is 0.665. The first-order valence-electron chi connectivity index (χ1n) is 5.83. The highest BCUT2D eigenvalue weighted by Gasteiger charge is 2.25. The third kappa shape index (κ3) is 3.65. The van der Waals surface area contributed by atoms with Crippen LogP contribution in [-0.2, 0) is 11.2 Å². The van der Waals surface area contributed by atoms with Gasteiger partial charge in [0.15, 0.2) is 0 Å². The minimum absolute atomic E-state index is 0. The van der Waals surface area contributed by atoms with Gasteiger partial charge in [-0.25, -0.2) is 0 Å². The van der Waals surface area contributed by atoms with E-state index in [9.17, 15) is 14.9 Å². The highest BCUT2D eigenvalue weighted by molar-refractivity contribution is 5.85. The Morgan fingerprint density at radius 1 is 1.47 bits per heavy atom. The summed E-state index contributed by atoms with van der Waals surface area (Å²) < 4.78 is 0. The maximum absolute atomic E-state index is 12.0. The molecule has 1 aromatic carbocycles. The second kappa shape index (κ2) is 6.49. The van der Waals surface area contributed by atoms with Gasteiger partial charge in [0.2, 0.25) is 5.91 Å². The van der Waals surface area contributed by atoms with Crippen molar-refractivity contribution in [3.63, 3.8) is 0 Å². The first-order chi connectivity index (χ1) is 8.58. The molecule has 6 nitrogen and oxygen atoms in total. The summed E-state index contributed by atoms with van der Waals surface area (Å²) in [6.07, 6.45) is 0.854. The van der Waals surface area contributed by atoms with Crippen LogP contribution >= 0.6 is 12.4 Å². The van der Waals surface area contributed by atoms with Crippen LogP contribution in [0, 0.1) is 10.1 Å². The summed E-state index contributed by atoms with van der Waals surface area (Å²) in [7, 11) is 0. The summed E-state index contributed by atoms with van der Waals surface area (Å²) in [4.78, 5) is 24.0. The molecule has 2 rings (SSSR count). The van der Waals surface area contributed by atoms with E-state index < -0.39 is 4.92 Å². The van der Waals surface area contributed by atoms with Gasteiger partial charge in [-0.1, -0.05) is 18.2 Å². The lowest BCUT2D eigenvalue weighted by Gasteiger charge is -2.15. The summed E-state index contributed by atoms with van der Waals surface area (Å²) in [6, 6.07) is 6.35. The number of nitrogens with two attached hydrogens (primary N) is 1. The predicted molar refractivity (Wildman–Crippen MR) is 73.2 cm³/mol. The van der Waals surface area contributed by atoms with E-state index in [2.05, 4.69) is 0 Å². The minimum Gasteiger partial charge on any atom is -0.341 e. The number of carbonyl (C=O) groups excluding carboxylic acids is 1. The molecule has 0 spiro atoms. The Morgan fingerprint density at radius 3 is 2.74 bits per heavy atom. The average Bonchev–Trinajstić information content (AvgIpc) is 2.76. The Hall–Kier alpha value is -1.66. The van der Waals surface area contributed by atoms with Gasteiger partial charge in [0.1, 0.15) is 0 Å². The number of nitro benzene ring substituents is 1. The van der Waals surface area contributed by atoms with E-state index in [1.54, 1.807) is 23.1 Å². The van der Waals surface area contributed by atoms with Crippen molar-refractivity contribution in [2.45, 2.75) is 18.9 Å². The van der Waals surface area contributed by atoms with Gasteiger partial charge in [0.25, 0.3) is 5.69 Å². The fraction of sp³-hybridized carbons (Fsp3) is 0.417. The Labute approximate surface area is 117 Å². The van der Waals surface area contributed by atoms with Gasteiger partial charge in [0, 0.05) is 30.8 Å². The Morgan fingerprint density at radius 2 is 2.16 bits per heavy atom. The fourth-order valence-corrected chi connectivity index (χ4v) is 2.13. The molecule has 1 heterocycles. The van der Waals surface area contributed by atoms with E-state index in [4.69, 9.17) is 5.73 Å². The Balaban J connectivity index is 0.00000180. The Bertz CT molecular complexity index is 481. The van der Waals surface area contributed by atoms with E-state index in [0.29, 0.717) is 18.7 Å². The highest BCUT2D eigenvalue weighted by atomic mass is 35.5. The van der Waals surface area contributed by atoms with Gasteiger partial charge >= 0.3 is 0 Å². The number of halogens is 1. The molecule has 1 aromatic rings. The van der Waals surface area contributed by atoms with Crippen molar-refractivity contribution in [2.24, 2.45) is 5.73 Å². The van der Waals surface area contributed by atoms with Gasteiger partial charge in [-0.3, -0.25) is 14.9 Å². The van der Waals surface area contributed by atoms with Crippen LogP contribution in [-0.4, -0.2) is 34.9 Å². The average molecular weight is 286 g/mol. The normalized spacial score (nSPS) is 17.9. The molecule has 0 aliphatic carbocycles. The molecule has 19 heavy (non-hydrogen) atoms. The van der Waals surface area contributed by atoms with Crippen LogP contribution in [0.2, 0.25) is 0 Å². The largest absolute Gasteiger partial charge is 0.341 e. The van der Waals surface area contributed by atoms with Gasteiger partial charge < -0.3 is 10.6 Å². The van der Waals surface area contributed by atoms with Crippen molar-refractivity contribution in [1.29, 1.82) is 0 Å². The topological polar surface area (TPSA) is 89.5 Å². The zero-order chi connectivity index (χ0) is 13.1. The molecule has 0 bridgehead atoms. The summed E-state index contributed by atoms with van der Waals surface area (Å²) in [5.74, 6) is -0.0998. The smallest absolute Gasteiger partial charge is 0.273 e. The maximum Gasteiger partial charge on any atom is 0.273 e. The predicted octanol–water partition coefficient (Wildman–Crippen LogP) is 1.12. The first-order valence-corrected chi connectivity index (χ1v) is 5.83. The molecule has 1 amide bonds. The third-order valence-electron chi connectivity index (χ3n) is 3.11. The van der Waals surface area contributed by atoms with Crippen LogP contribution in [0.5, 0.6) is 0 Å². The van der Waals surface area contributed by atoms with Gasteiger partial charge in [-0.2, -0.15) is 0 Å². The first kappa shape index (κ1) is 15.4. The summed E-state index contributed by atoms with van der Waals surface area (Å²) >= 11 is 0. The summed E-state index contributed by atoms with van der Waals surface area (Å²) in [6.45, 7) is 1.18. The summed E-state index contributed by atoms with van der Waals surface area (Å²) in [5, 5.41) is 10.8. The van der Waals surface area contributed by atoms with E-state index in [-0.39, 0.29) is 36.5 Å². The second-order valence-electron chi connectivity index (χ2n) is 4.45. The standard InChI is InChI=1S/C12H15N3O3.ClH/c13-10-5-6-14(8-10)12(16)7-9-3-1-2-4-11(9)15(17)18;/h1-4,10H,5-8,13H2;1H. The molecule has 1 saturated heterocycles. The third-order valence-corrected chi connectivity index (χ3v) is 3.11. The van der Waals surface area contributed by atoms with Crippen molar-refractivity contribution in [3.8, 4) is 0 Å². The summed E-state index contributed by atoms with van der Waals surface area (Å²) in [5.41, 5.74) is 6.18. The molecule has 1 aliphatic heterocycles. The molecule has 0 radical (unpaired) electrons. The van der Waals surface area contributed by atoms with Crippen LogP contribution in [0.4, 0.5) is 5.69 Å². The maximum atomic E-state index is 12.0. The van der Waals surface area contributed by atoms with Crippen LogP contribution in [0.1, 0.15) is 12.0 Å². The number of para-hydroxylation sites is 1. The second-order valence-corrected chi connectivity index (χ2v) is 4.45. The van der Waals surface area contributed by atoms with Crippen LogP contribution in [0.15, 0.2) is 24.3 Å². The fourth-order valence-electron chi connectivity index (χ4n) is 2.13.